The molecule has 8 heteroatoms. The van der Waals surface area contributed by atoms with Gasteiger partial charge >= 0.3 is 5.97 Å². The lowest BCUT2D eigenvalue weighted by Crippen LogP contribution is -2.30. The highest BCUT2D eigenvalue weighted by atomic mass is 35.5. The first-order chi connectivity index (χ1) is 11.5. The number of para-hydroxylation sites is 1. The smallest absolute Gasteiger partial charge is 0.316 e. The van der Waals surface area contributed by atoms with Crippen LogP contribution in [-0.2, 0) is 20.1 Å². The molecule has 4 nitrogen and oxygen atoms in total. The molecular weight excluding hydrogens is 389 g/mol. The molecule has 0 saturated heterocycles. The molecule has 1 amide bonds. The van der Waals surface area contributed by atoms with Gasteiger partial charge in [-0.15, -0.1) is 23.1 Å². The van der Waals surface area contributed by atoms with Crippen molar-refractivity contribution in [2.75, 3.05) is 11.1 Å². The largest absolute Gasteiger partial charge is 0.452 e. The van der Waals surface area contributed by atoms with Crippen LogP contribution in [0.15, 0.2) is 36.4 Å². The van der Waals surface area contributed by atoms with Gasteiger partial charge < -0.3 is 10.1 Å². The fourth-order valence-electron chi connectivity index (χ4n) is 1.75. The van der Waals surface area contributed by atoms with Crippen LogP contribution in [0.25, 0.3) is 0 Å². The molecule has 1 N–H and O–H groups in total. The number of esters is 1. The molecule has 0 aliphatic carbocycles. The summed E-state index contributed by atoms with van der Waals surface area (Å²) in [6.45, 7) is 1.52. The Kier molecular flexibility index (Phi) is 7.42. The van der Waals surface area contributed by atoms with Crippen molar-refractivity contribution < 1.29 is 14.3 Å². The fraction of sp³-hybridized carbons (Fsp3) is 0.250. The molecule has 1 aromatic heterocycles. The van der Waals surface area contributed by atoms with Crippen molar-refractivity contribution in [3.8, 4) is 0 Å². The molecule has 0 fully saturated rings. The van der Waals surface area contributed by atoms with E-state index in [9.17, 15) is 9.59 Å². The number of thioether (sulfide) groups is 1. The van der Waals surface area contributed by atoms with Crippen LogP contribution in [0, 0.1) is 0 Å². The normalized spacial score (nSPS) is 11.8. The van der Waals surface area contributed by atoms with E-state index in [4.69, 9.17) is 27.9 Å². The molecule has 0 spiro atoms. The van der Waals surface area contributed by atoms with Crippen molar-refractivity contribution in [1.29, 1.82) is 0 Å². The average molecular weight is 404 g/mol. The molecule has 2 rings (SSSR count). The molecule has 1 atom stereocenters. The van der Waals surface area contributed by atoms with Gasteiger partial charge in [0, 0.05) is 10.6 Å². The Bertz CT molecular complexity index is 721. The van der Waals surface area contributed by atoms with Crippen LogP contribution >= 0.6 is 46.3 Å². The average Bonchev–Trinajstić information content (AvgIpc) is 2.95. The number of halogens is 2. The lowest BCUT2D eigenvalue weighted by atomic mass is 10.3. The second kappa shape index (κ2) is 9.32. The van der Waals surface area contributed by atoms with Gasteiger partial charge in [0.15, 0.2) is 6.10 Å². The molecule has 0 bridgehead atoms. The first-order valence-corrected chi connectivity index (χ1v) is 9.75. The Labute approximate surface area is 158 Å². The van der Waals surface area contributed by atoms with Gasteiger partial charge in [0.25, 0.3) is 5.91 Å². The lowest BCUT2D eigenvalue weighted by molar-refractivity contribution is -0.150. The standard InChI is InChI=1S/C16H15Cl2NO3S2/c1-10(16(21)19-13-5-3-2-4-12(13)17)22-15(20)9-23-8-11-6-7-14(18)24-11/h2-7,10H,8-9H2,1H3,(H,19,21)/t10-/m1/s1. The minimum Gasteiger partial charge on any atom is -0.452 e. The maximum atomic E-state index is 12.0. The summed E-state index contributed by atoms with van der Waals surface area (Å²) in [6, 6.07) is 10.6. The highest BCUT2D eigenvalue weighted by Gasteiger charge is 2.18. The summed E-state index contributed by atoms with van der Waals surface area (Å²) in [7, 11) is 0. The van der Waals surface area contributed by atoms with Crippen molar-refractivity contribution in [2.24, 2.45) is 0 Å². The third-order valence-corrected chi connectivity index (χ3v) is 5.60. The SMILES string of the molecule is C[C@@H](OC(=O)CSCc1ccc(Cl)s1)C(=O)Nc1ccccc1Cl. The molecular formula is C16H15Cl2NO3S2. The Hall–Kier alpha value is -1.21. The molecule has 1 heterocycles. The zero-order valence-electron chi connectivity index (χ0n) is 12.8. The van der Waals surface area contributed by atoms with Crippen LogP contribution in [0.3, 0.4) is 0 Å². The molecule has 1 aromatic carbocycles. The molecule has 24 heavy (non-hydrogen) atoms. The number of anilines is 1. The number of amides is 1. The third-order valence-electron chi connectivity index (χ3n) is 2.90. The molecule has 128 valence electrons. The molecule has 0 unspecified atom stereocenters. The zero-order valence-corrected chi connectivity index (χ0v) is 15.9. The highest BCUT2D eigenvalue weighted by molar-refractivity contribution is 7.99. The van der Waals surface area contributed by atoms with Crippen molar-refractivity contribution in [2.45, 2.75) is 18.8 Å². The van der Waals surface area contributed by atoms with Crippen LogP contribution in [0.5, 0.6) is 0 Å². The Morgan fingerprint density at radius 3 is 2.67 bits per heavy atom. The van der Waals surface area contributed by atoms with E-state index in [2.05, 4.69) is 5.32 Å². The number of thiophene rings is 1. The molecule has 0 saturated carbocycles. The van der Waals surface area contributed by atoms with E-state index in [1.165, 1.54) is 30.0 Å². The second-order valence-electron chi connectivity index (χ2n) is 4.80. The van der Waals surface area contributed by atoms with Gasteiger partial charge in [-0.3, -0.25) is 9.59 Å². The van der Waals surface area contributed by atoms with Crippen molar-refractivity contribution in [1.82, 2.24) is 0 Å². The van der Waals surface area contributed by atoms with E-state index in [0.717, 1.165) is 9.21 Å². The maximum absolute atomic E-state index is 12.0. The first-order valence-electron chi connectivity index (χ1n) is 7.02. The third kappa shape index (κ3) is 6.02. The first kappa shape index (κ1) is 19.1. The number of carbonyl (C=O) groups is 2. The van der Waals surface area contributed by atoms with Gasteiger partial charge in [0.2, 0.25) is 0 Å². The lowest BCUT2D eigenvalue weighted by Gasteiger charge is -2.14. The molecule has 0 aliphatic heterocycles. The van der Waals surface area contributed by atoms with Gasteiger partial charge in [0.05, 0.1) is 20.8 Å². The Balaban J connectivity index is 1.74. The van der Waals surface area contributed by atoms with Gasteiger partial charge in [0.1, 0.15) is 0 Å². The van der Waals surface area contributed by atoms with E-state index in [0.29, 0.717) is 16.5 Å². The van der Waals surface area contributed by atoms with Crippen molar-refractivity contribution >= 4 is 63.9 Å². The van der Waals surface area contributed by atoms with Gasteiger partial charge in [-0.25, -0.2) is 0 Å². The van der Waals surface area contributed by atoms with Crippen LogP contribution in [0.1, 0.15) is 11.8 Å². The summed E-state index contributed by atoms with van der Waals surface area (Å²) in [5.74, 6) is -0.0257. The quantitative estimate of drug-likeness (QED) is 0.670. The van der Waals surface area contributed by atoms with Gasteiger partial charge in [-0.2, -0.15) is 0 Å². The van der Waals surface area contributed by atoms with Crippen molar-refractivity contribution in [3.05, 3.63) is 50.6 Å². The maximum Gasteiger partial charge on any atom is 0.316 e. The number of hydrogen-bond donors (Lipinski definition) is 1. The Morgan fingerprint density at radius 2 is 2.00 bits per heavy atom. The summed E-state index contributed by atoms with van der Waals surface area (Å²) in [5, 5.41) is 3.06. The molecule has 0 aliphatic rings. The van der Waals surface area contributed by atoms with Crippen LogP contribution in [0.4, 0.5) is 5.69 Å². The summed E-state index contributed by atoms with van der Waals surface area (Å²) in [5.41, 5.74) is 0.482. The van der Waals surface area contributed by atoms with E-state index in [-0.39, 0.29) is 5.75 Å². The van der Waals surface area contributed by atoms with Crippen LogP contribution in [0.2, 0.25) is 9.36 Å². The highest BCUT2D eigenvalue weighted by Crippen LogP contribution is 2.25. The van der Waals surface area contributed by atoms with E-state index in [1.807, 2.05) is 12.1 Å². The number of carbonyl (C=O) groups excluding carboxylic acids is 2. The van der Waals surface area contributed by atoms with Crippen LogP contribution in [-0.4, -0.2) is 23.7 Å². The van der Waals surface area contributed by atoms with E-state index in [1.54, 1.807) is 24.3 Å². The zero-order chi connectivity index (χ0) is 17.5. The topological polar surface area (TPSA) is 55.4 Å². The number of ether oxygens (including phenoxy) is 1. The molecule has 2 aromatic rings. The fourth-order valence-corrected chi connectivity index (χ4v) is 3.93. The predicted octanol–water partition coefficient (Wildman–Crippen LogP) is 4.86. The minimum absolute atomic E-state index is 0.166. The monoisotopic (exact) mass is 403 g/mol. The van der Waals surface area contributed by atoms with Gasteiger partial charge in [-0.1, -0.05) is 35.3 Å². The van der Waals surface area contributed by atoms with Gasteiger partial charge in [-0.05, 0) is 31.2 Å². The summed E-state index contributed by atoms with van der Waals surface area (Å²) < 4.78 is 5.85. The van der Waals surface area contributed by atoms with E-state index < -0.39 is 18.0 Å². The summed E-state index contributed by atoms with van der Waals surface area (Å²) in [4.78, 5) is 24.9. The second-order valence-corrected chi connectivity index (χ2v) is 7.99. The molecule has 0 radical (unpaired) electrons. The van der Waals surface area contributed by atoms with E-state index >= 15 is 0 Å². The predicted molar refractivity (Wildman–Crippen MR) is 101 cm³/mol. The number of nitrogens with one attached hydrogen (secondary N) is 1. The number of hydrogen-bond acceptors (Lipinski definition) is 5. The number of rotatable bonds is 7. The Morgan fingerprint density at radius 1 is 1.25 bits per heavy atom. The van der Waals surface area contributed by atoms with Crippen LogP contribution < -0.4 is 5.32 Å². The van der Waals surface area contributed by atoms with Crippen molar-refractivity contribution in [3.63, 3.8) is 0 Å². The summed E-state index contributed by atoms with van der Waals surface area (Å²) >= 11 is 14.7. The summed E-state index contributed by atoms with van der Waals surface area (Å²) in [6.07, 6.45) is -0.898. The minimum atomic E-state index is -0.898. The number of benzene rings is 1.